The molecular formula is C14H15F8N5. The molecule has 1 aliphatic heterocycles. The maximum Gasteiger partial charge on any atom is 0.459 e. The fourth-order valence-corrected chi connectivity index (χ4v) is 2.49. The number of halogens is 8. The molecule has 1 aliphatic rings. The van der Waals surface area contributed by atoms with Gasteiger partial charge in [-0.05, 0) is 26.0 Å². The molecule has 13 heteroatoms. The van der Waals surface area contributed by atoms with Gasteiger partial charge in [0.2, 0.25) is 0 Å². The van der Waals surface area contributed by atoms with Gasteiger partial charge in [0.15, 0.2) is 5.69 Å². The van der Waals surface area contributed by atoms with E-state index in [0.717, 1.165) is 7.05 Å². The number of nitrogens with zero attached hydrogens (tertiary/aromatic N) is 2. The highest BCUT2D eigenvalue weighted by Crippen LogP contribution is 2.49. The van der Waals surface area contributed by atoms with E-state index in [4.69, 9.17) is 5.73 Å². The van der Waals surface area contributed by atoms with Crippen LogP contribution in [-0.4, -0.2) is 21.6 Å². The van der Waals surface area contributed by atoms with E-state index in [0.29, 0.717) is 5.70 Å². The highest BCUT2D eigenvalue weighted by Gasteiger charge is 2.64. The standard InChI is InChI=1S/C14H15F8N5/c1-6-7(23)4-5-11(2,24-6)25-10-8(13(17,18)19)9(26-27(10)3)12(15,16)14(20,21)22/h4-5,24-25H,23H2,1-3H3. The van der Waals surface area contributed by atoms with Crippen molar-refractivity contribution in [1.82, 2.24) is 15.1 Å². The summed E-state index contributed by atoms with van der Waals surface area (Å²) in [6.45, 7) is 2.85. The second-order valence-corrected chi connectivity index (χ2v) is 6.13. The van der Waals surface area contributed by atoms with Crippen LogP contribution in [0.4, 0.5) is 40.9 Å². The van der Waals surface area contributed by atoms with E-state index in [1.54, 1.807) is 0 Å². The number of hydrogen-bond donors (Lipinski definition) is 3. The number of nitrogens with two attached hydrogens (primary N) is 1. The number of dihydropyridines is 1. The highest BCUT2D eigenvalue weighted by molar-refractivity contribution is 5.54. The van der Waals surface area contributed by atoms with Crippen molar-refractivity contribution >= 4 is 5.82 Å². The summed E-state index contributed by atoms with van der Waals surface area (Å²) in [6, 6.07) is 0. The molecule has 1 unspecified atom stereocenters. The Morgan fingerprint density at radius 1 is 1.15 bits per heavy atom. The van der Waals surface area contributed by atoms with Crippen LogP contribution in [-0.2, 0) is 19.1 Å². The number of hydrogen-bond acceptors (Lipinski definition) is 4. The first kappa shape index (κ1) is 20.8. The van der Waals surface area contributed by atoms with E-state index < -0.39 is 41.0 Å². The quantitative estimate of drug-likeness (QED) is 0.673. The van der Waals surface area contributed by atoms with Gasteiger partial charge >= 0.3 is 18.3 Å². The molecule has 2 heterocycles. The SMILES string of the molecule is CC1=C(N)C=CC(C)(Nc2c(C(F)(F)F)c(C(F)(F)C(F)(F)F)nn2C)N1. The van der Waals surface area contributed by atoms with Gasteiger partial charge in [0, 0.05) is 12.7 Å². The summed E-state index contributed by atoms with van der Waals surface area (Å²) in [5.41, 5.74) is 0.168. The van der Waals surface area contributed by atoms with Gasteiger partial charge in [-0.2, -0.15) is 40.2 Å². The second-order valence-electron chi connectivity index (χ2n) is 6.13. The average Bonchev–Trinajstić information content (AvgIpc) is 2.79. The maximum atomic E-state index is 13.7. The maximum absolute atomic E-state index is 13.7. The van der Waals surface area contributed by atoms with Crippen LogP contribution >= 0.6 is 0 Å². The first-order valence-electron chi connectivity index (χ1n) is 7.31. The molecule has 2 rings (SSSR count). The molecule has 1 aromatic rings. The van der Waals surface area contributed by atoms with E-state index in [1.807, 2.05) is 0 Å². The van der Waals surface area contributed by atoms with Gasteiger partial charge in [0.25, 0.3) is 0 Å². The Morgan fingerprint density at radius 3 is 2.15 bits per heavy atom. The van der Waals surface area contributed by atoms with E-state index in [9.17, 15) is 35.1 Å². The molecule has 4 N–H and O–H groups in total. The van der Waals surface area contributed by atoms with Crippen LogP contribution in [0.15, 0.2) is 23.5 Å². The fourth-order valence-electron chi connectivity index (χ4n) is 2.49. The monoisotopic (exact) mass is 405 g/mol. The van der Waals surface area contributed by atoms with Gasteiger partial charge in [-0.15, -0.1) is 0 Å². The first-order valence-corrected chi connectivity index (χ1v) is 7.31. The zero-order chi connectivity index (χ0) is 21.0. The van der Waals surface area contributed by atoms with Gasteiger partial charge in [-0.3, -0.25) is 4.68 Å². The third kappa shape index (κ3) is 3.67. The summed E-state index contributed by atoms with van der Waals surface area (Å²) in [5, 5.41) is 7.82. The predicted octanol–water partition coefficient (Wildman–Crippen LogP) is 3.57. The topological polar surface area (TPSA) is 67.9 Å². The lowest BCUT2D eigenvalue weighted by molar-refractivity contribution is -0.292. The van der Waals surface area contributed by atoms with Crippen LogP contribution in [0.1, 0.15) is 25.1 Å². The molecule has 0 fully saturated rings. The molecule has 0 saturated heterocycles. The summed E-state index contributed by atoms with van der Waals surface area (Å²) in [6.07, 6.45) is -9.13. The number of anilines is 1. The number of aromatic nitrogens is 2. The van der Waals surface area contributed by atoms with Crippen molar-refractivity contribution in [2.45, 2.75) is 37.8 Å². The minimum Gasteiger partial charge on any atom is -0.397 e. The Labute approximate surface area is 147 Å². The van der Waals surface area contributed by atoms with E-state index in [-0.39, 0.29) is 10.4 Å². The smallest absolute Gasteiger partial charge is 0.397 e. The third-order valence-electron chi connectivity index (χ3n) is 3.84. The zero-order valence-electron chi connectivity index (χ0n) is 14.2. The molecule has 1 aromatic heterocycles. The number of alkyl halides is 8. The van der Waals surface area contributed by atoms with Gasteiger partial charge in [-0.1, -0.05) is 0 Å². The normalized spacial score (nSPS) is 21.4. The molecule has 0 bridgehead atoms. The first-order chi connectivity index (χ1) is 12.0. The van der Waals surface area contributed by atoms with E-state index in [2.05, 4.69) is 15.7 Å². The lowest BCUT2D eigenvalue weighted by Crippen LogP contribution is -2.49. The Bertz CT molecular complexity index is 802. The molecule has 0 aromatic carbocycles. The molecule has 5 nitrogen and oxygen atoms in total. The minimum atomic E-state index is -6.25. The summed E-state index contributed by atoms with van der Waals surface area (Å²) >= 11 is 0. The Hall–Kier alpha value is -2.47. The molecule has 27 heavy (non-hydrogen) atoms. The van der Waals surface area contributed by atoms with Crippen molar-refractivity contribution in [2.24, 2.45) is 12.8 Å². The molecule has 1 atom stereocenters. The van der Waals surface area contributed by atoms with Gasteiger partial charge in [-0.25, -0.2) is 0 Å². The summed E-state index contributed by atoms with van der Waals surface area (Å²) in [7, 11) is 0.820. The van der Waals surface area contributed by atoms with Crippen LogP contribution in [0.5, 0.6) is 0 Å². The molecule has 0 aliphatic carbocycles. The average molecular weight is 405 g/mol. The van der Waals surface area contributed by atoms with Crippen molar-refractivity contribution in [3.8, 4) is 0 Å². The van der Waals surface area contributed by atoms with Crippen molar-refractivity contribution in [2.75, 3.05) is 5.32 Å². The number of aryl methyl sites for hydroxylation is 1. The third-order valence-corrected chi connectivity index (χ3v) is 3.84. The van der Waals surface area contributed by atoms with Crippen LogP contribution in [0.2, 0.25) is 0 Å². The van der Waals surface area contributed by atoms with Crippen molar-refractivity contribution in [3.05, 3.63) is 34.8 Å². The van der Waals surface area contributed by atoms with Crippen molar-refractivity contribution < 1.29 is 35.1 Å². The largest absolute Gasteiger partial charge is 0.459 e. The molecule has 0 saturated carbocycles. The summed E-state index contributed by atoms with van der Waals surface area (Å²) in [5.74, 6) is -6.86. The van der Waals surface area contributed by atoms with Crippen molar-refractivity contribution in [1.29, 1.82) is 0 Å². The number of nitrogens with one attached hydrogen (secondary N) is 2. The predicted molar refractivity (Wildman–Crippen MR) is 79.3 cm³/mol. The Kier molecular flexibility index (Phi) is 4.65. The fraction of sp³-hybridized carbons (Fsp3) is 0.500. The van der Waals surface area contributed by atoms with Gasteiger partial charge in [0.1, 0.15) is 17.0 Å². The van der Waals surface area contributed by atoms with Gasteiger partial charge < -0.3 is 16.4 Å². The zero-order valence-corrected chi connectivity index (χ0v) is 14.2. The van der Waals surface area contributed by atoms with Crippen LogP contribution in [0, 0.1) is 0 Å². The minimum absolute atomic E-state index is 0.277. The molecule has 152 valence electrons. The number of allylic oxidation sites excluding steroid dienone is 2. The molecule has 0 radical (unpaired) electrons. The van der Waals surface area contributed by atoms with Crippen LogP contribution in [0.25, 0.3) is 0 Å². The van der Waals surface area contributed by atoms with Crippen LogP contribution < -0.4 is 16.4 Å². The van der Waals surface area contributed by atoms with Crippen LogP contribution in [0.3, 0.4) is 0 Å². The Balaban J connectivity index is 2.61. The summed E-state index contributed by atoms with van der Waals surface area (Å²) in [4.78, 5) is 0. The highest BCUT2D eigenvalue weighted by atomic mass is 19.4. The number of rotatable bonds is 3. The molecule has 0 spiro atoms. The van der Waals surface area contributed by atoms with E-state index in [1.165, 1.54) is 26.0 Å². The lowest BCUT2D eigenvalue weighted by atomic mass is 10.0. The molecule has 0 amide bonds. The van der Waals surface area contributed by atoms with Crippen molar-refractivity contribution in [3.63, 3.8) is 0 Å². The molecular weight excluding hydrogens is 390 g/mol. The second kappa shape index (κ2) is 6.02. The van der Waals surface area contributed by atoms with Gasteiger partial charge in [0.05, 0.1) is 5.70 Å². The Morgan fingerprint density at radius 2 is 1.70 bits per heavy atom. The lowest BCUT2D eigenvalue weighted by Gasteiger charge is -2.34. The summed E-state index contributed by atoms with van der Waals surface area (Å²) < 4.78 is 106. The van der Waals surface area contributed by atoms with E-state index >= 15 is 0 Å².